The van der Waals surface area contributed by atoms with Gasteiger partial charge in [-0.05, 0) is 81.8 Å². The second-order valence-corrected chi connectivity index (χ2v) is 7.34. The van der Waals surface area contributed by atoms with Crippen molar-refractivity contribution in [2.45, 2.75) is 26.7 Å². The third kappa shape index (κ3) is 2.71. The molecule has 0 bridgehead atoms. The number of hydrogen-bond donors (Lipinski definition) is 0. The maximum Gasteiger partial charge on any atom is 0.130 e. The number of aryl methyl sites for hydroxylation is 2. The largest absolute Gasteiger partial charge is 0.462 e. The molecule has 27 heavy (non-hydrogen) atoms. The van der Waals surface area contributed by atoms with E-state index >= 15 is 0 Å². The number of furan rings is 1. The summed E-state index contributed by atoms with van der Waals surface area (Å²) in [5.74, 6) is 1.96. The van der Waals surface area contributed by atoms with E-state index in [1.165, 1.54) is 44.2 Å². The molecule has 4 aromatic rings. The Labute approximate surface area is 160 Å². The van der Waals surface area contributed by atoms with Crippen LogP contribution in [0.4, 0.5) is 0 Å². The Hall–Kier alpha value is -3.06. The molecule has 1 aliphatic carbocycles. The first kappa shape index (κ1) is 16.1. The standard InChI is InChI=1S/C26H22O/c1-3-18-9-11-21-15-23(25-13-8-17(2)27-25)16-24(21)26(18)22-12-10-19-6-4-5-7-20(19)14-22/h4-14,16H,3,15H2,1-2H3. The first-order chi connectivity index (χ1) is 13.2. The number of benzene rings is 3. The van der Waals surface area contributed by atoms with Gasteiger partial charge in [0.05, 0.1) is 0 Å². The van der Waals surface area contributed by atoms with Gasteiger partial charge in [-0.1, -0.05) is 55.5 Å². The fourth-order valence-electron chi connectivity index (χ4n) is 4.20. The highest BCUT2D eigenvalue weighted by Gasteiger charge is 2.21. The molecule has 0 radical (unpaired) electrons. The van der Waals surface area contributed by atoms with E-state index in [9.17, 15) is 0 Å². The van der Waals surface area contributed by atoms with Crippen LogP contribution in [0.1, 0.15) is 35.1 Å². The van der Waals surface area contributed by atoms with Crippen molar-refractivity contribution >= 4 is 22.4 Å². The minimum atomic E-state index is 0.937. The summed E-state index contributed by atoms with van der Waals surface area (Å²) in [7, 11) is 0. The number of hydrogen-bond acceptors (Lipinski definition) is 1. The molecule has 0 atom stereocenters. The highest BCUT2D eigenvalue weighted by atomic mass is 16.3. The van der Waals surface area contributed by atoms with E-state index in [0.717, 1.165) is 24.4 Å². The van der Waals surface area contributed by atoms with Crippen LogP contribution in [0.5, 0.6) is 0 Å². The zero-order valence-electron chi connectivity index (χ0n) is 15.8. The number of allylic oxidation sites excluding steroid dienone is 1. The summed E-state index contributed by atoms with van der Waals surface area (Å²) >= 11 is 0. The summed E-state index contributed by atoms with van der Waals surface area (Å²) in [6.45, 7) is 4.24. The zero-order valence-corrected chi connectivity index (χ0v) is 15.8. The third-order valence-corrected chi connectivity index (χ3v) is 5.60. The van der Waals surface area contributed by atoms with Crippen molar-refractivity contribution in [2.24, 2.45) is 0 Å². The molecule has 1 aromatic heterocycles. The molecule has 0 saturated carbocycles. The summed E-state index contributed by atoms with van der Waals surface area (Å²) in [5, 5.41) is 2.58. The number of fused-ring (bicyclic) bond motifs is 2. The monoisotopic (exact) mass is 350 g/mol. The predicted octanol–water partition coefficient (Wildman–Crippen LogP) is 7.07. The fourth-order valence-corrected chi connectivity index (χ4v) is 4.20. The molecule has 1 aliphatic rings. The molecular formula is C26H22O. The van der Waals surface area contributed by atoms with Crippen molar-refractivity contribution in [1.82, 2.24) is 0 Å². The van der Waals surface area contributed by atoms with Gasteiger partial charge in [0.15, 0.2) is 0 Å². The van der Waals surface area contributed by atoms with Gasteiger partial charge in [0.2, 0.25) is 0 Å². The second kappa shape index (κ2) is 6.28. The summed E-state index contributed by atoms with van der Waals surface area (Å²) in [6, 6.07) is 24.1. The molecular weight excluding hydrogens is 328 g/mol. The second-order valence-electron chi connectivity index (χ2n) is 7.34. The number of rotatable bonds is 3. The smallest absolute Gasteiger partial charge is 0.130 e. The maximum absolute atomic E-state index is 5.89. The predicted molar refractivity (Wildman–Crippen MR) is 114 cm³/mol. The van der Waals surface area contributed by atoms with Crippen molar-refractivity contribution in [3.8, 4) is 11.1 Å². The summed E-state index contributed by atoms with van der Waals surface area (Å²) in [5.41, 5.74) is 8.09. The Morgan fingerprint density at radius 2 is 1.74 bits per heavy atom. The van der Waals surface area contributed by atoms with E-state index in [1.807, 2.05) is 13.0 Å². The van der Waals surface area contributed by atoms with Gasteiger partial charge in [0, 0.05) is 6.42 Å². The van der Waals surface area contributed by atoms with Crippen molar-refractivity contribution in [2.75, 3.05) is 0 Å². The lowest BCUT2D eigenvalue weighted by molar-refractivity contribution is 0.521. The summed E-state index contributed by atoms with van der Waals surface area (Å²) in [6.07, 6.45) is 4.29. The lowest BCUT2D eigenvalue weighted by Crippen LogP contribution is -1.94. The van der Waals surface area contributed by atoms with Crippen LogP contribution >= 0.6 is 0 Å². The van der Waals surface area contributed by atoms with Gasteiger partial charge in [-0.15, -0.1) is 0 Å². The molecule has 3 aromatic carbocycles. The molecule has 0 saturated heterocycles. The summed E-state index contributed by atoms with van der Waals surface area (Å²) < 4.78 is 5.89. The van der Waals surface area contributed by atoms with E-state index in [-0.39, 0.29) is 0 Å². The Kier molecular flexibility index (Phi) is 3.75. The van der Waals surface area contributed by atoms with E-state index in [4.69, 9.17) is 4.42 Å². The Bertz CT molecular complexity index is 1190. The Morgan fingerprint density at radius 3 is 2.52 bits per heavy atom. The van der Waals surface area contributed by atoms with Gasteiger partial charge in [0.1, 0.15) is 11.5 Å². The normalized spacial score (nSPS) is 13.0. The molecule has 1 heterocycles. The fraction of sp³-hybridized carbons (Fsp3) is 0.154. The highest BCUT2D eigenvalue weighted by Crippen LogP contribution is 2.40. The van der Waals surface area contributed by atoms with Crippen LogP contribution < -0.4 is 0 Å². The van der Waals surface area contributed by atoms with Crippen LogP contribution in [0.2, 0.25) is 0 Å². The quantitative estimate of drug-likeness (QED) is 0.385. The zero-order chi connectivity index (χ0) is 18.4. The van der Waals surface area contributed by atoms with E-state index in [1.54, 1.807) is 0 Å². The SMILES string of the molecule is CCc1ccc2c(c1-c1ccc3ccccc3c1)C=C(c1ccc(C)o1)C2. The molecule has 0 fully saturated rings. The van der Waals surface area contributed by atoms with Gasteiger partial charge in [-0.25, -0.2) is 0 Å². The van der Waals surface area contributed by atoms with Gasteiger partial charge in [-0.3, -0.25) is 0 Å². The van der Waals surface area contributed by atoms with Crippen LogP contribution in [-0.4, -0.2) is 0 Å². The van der Waals surface area contributed by atoms with Crippen LogP contribution in [-0.2, 0) is 12.8 Å². The third-order valence-electron chi connectivity index (χ3n) is 5.60. The lowest BCUT2D eigenvalue weighted by Gasteiger charge is -2.14. The molecule has 132 valence electrons. The van der Waals surface area contributed by atoms with E-state index in [0.29, 0.717) is 0 Å². The van der Waals surface area contributed by atoms with Crippen molar-refractivity contribution in [3.05, 3.63) is 94.9 Å². The first-order valence-corrected chi connectivity index (χ1v) is 9.64. The van der Waals surface area contributed by atoms with E-state index < -0.39 is 0 Å². The molecule has 1 nitrogen and oxygen atoms in total. The average Bonchev–Trinajstić information content (AvgIpc) is 3.32. The molecule has 0 spiro atoms. The molecule has 0 amide bonds. The molecule has 1 heteroatoms. The summed E-state index contributed by atoms with van der Waals surface area (Å²) in [4.78, 5) is 0. The van der Waals surface area contributed by atoms with E-state index in [2.05, 4.69) is 73.7 Å². The van der Waals surface area contributed by atoms with Crippen LogP contribution in [0, 0.1) is 6.92 Å². The first-order valence-electron chi connectivity index (χ1n) is 9.64. The Balaban J connectivity index is 1.70. The van der Waals surface area contributed by atoms with Crippen molar-refractivity contribution in [3.63, 3.8) is 0 Å². The van der Waals surface area contributed by atoms with Crippen molar-refractivity contribution < 1.29 is 4.42 Å². The van der Waals surface area contributed by atoms with Crippen molar-refractivity contribution in [1.29, 1.82) is 0 Å². The highest BCUT2D eigenvalue weighted by molar-refractivity contribution is 5.96. The van der Waals surface area contributed by atoms with Gasteiger partial charge < -0.3 is 4.42 Å². The molecule has 0 N–H and O–H groups in total. The van der Waals surface area contributed by atoms with Crippen LogP contribution in [0.3, 0.4) is 0 Å². The maximum atomic E-state index is 5.89. The van der Waals surface area contributed by atoms with Crippen LogP contribution in [0.25, 0.3) is 33.5 Å². The minimum Gasteiger partial charge on any atom is -0.462 e. The molecule has 0 aliphatic heterocycles. The van der Waals surface area contributed by atoms with Crippen LogP contribution in [0.15, 0.2) is 71.1 Å². The lowest BCUT2D eigenvalue weighted by atomic mass is 9.90. The van der Waals surface area contributed by atoms with Gasteiger partial charge in [0.25, 0.3) is 0 Å². The average molecular weight is 350 g/mol. The topological polar surface area (TPSA) is 13.1 Å². The van der Waals surface area contributed by atoms with Gasteiger partial charge in [-0.2, -0.15) is 0 Å². The Morgan fingerprint density at radius 1 is 0.889 bits per heavy atom. The molecule has 0 unspecified atom stereocenters. The van der Waals surface area contributed by atoms with Gasteiger partial charge >= 0.3 is 0 Å². The minimum absolute atomic E-state index is 0.937. The molecule has 5 rings (SSSR count).